The third kappa shape index (κ3) is 4.89. The second-order valence-electron chi connectivity index (χ2n) is 4.69. The Hall–Kier alpha value is -1.59. The molecule has 1 rings (SSSR count). The summed E-state index contributed by atoms with van der Waals surface area (Å²) in [5, 5.41) is 2.78. The van der Waals surface area contributed by atoms with Gasteiger partial charge in [-0.25, -0.2) is 0 Å². The van der Waals surface area contributed by atoms with Gasteiger partial charge in [-0.15, -0.1) is 0 Å². The molecule has 0 bridgehead atoms. The Balaban J connectivity index is 2.72. The first-order valence-electron chi connectivity index (χ1n) is 6.26. The predicted molar refractivity (Wildman–Crippen MR) is 75.4 cm³/mol. The molecule has 0 saturated carbocycles. The number of ether oxygens (including phenoxy) is 2. The number of carbonyl (C=O) groups is 1. The minimum absolute atomic E-state index is 0.120. The van der Waals surface area contributed by atoms with Gasteiger partial charge in [-0.2, -0.15) is 0 Å². The standard InChI is InChI=1S/C14H22N2O3/c1-9(2)19-11-5-6-13(10(3)7-11)16-14(17)12(15)8-18-4/h5-7,9,12H,8,15H2,1-4H3,(H,16,17). The highest BCUT2D eigenvalue weighted by molar-refractivity contribution is 5.95. The molecule has 3 N–H and O–H groups in total. The van der Waals surface area contributed by atoms with Gasteiger partial charge in [0.25, 0.3) is 0 Å². The van der Waals surface area contributed by atoms with Crippen LogP contribution in [0.5, 0.6) is 5.75 Å². The Bertz CT molecular complexity index is 433. The zero-order valence-corrected chi connectivity index (χ0v) is 11.9. The lowest BCUT2D eigenvalue weighted by atomic mass is 10.1. The molecule has 106 valence electrons. The molecule has 19 heavy (non-hydrogen) atoms. The van der Waals surface area contributed by atoms with Crippen molar-refractivity contribution < 1.29 is 14.3 Å². The molecular formula is C14H22N2O3. The van der Waals surface area contributed by atoms with E-state index in [0.29, 0.717) is 0 Å². The molecule has 0 aliphatic rings. The van der Waals surface area contributed by atoms with Crippen molar-refractivity contribution in [2.24, 2.45) is 5.73 Å². The average molecular weight is 266 g/mol. The molecule has 0 aromatic heterocycles. The lowest BCUT2D eigenvalue weighted by Gasteiger charge is -2.15. The molecule has 5 heteroatoms. The van der Waals surface area contributed by atoms with Crippen molar-refractivity contribution in [2.75, 3.05) is 19.0 Å². The first-order valence-corrected chi connectivity index (χ1v) is 6.26. The highest BCUT2D eigenvalue weighted by Crippen LogP contribution is 2.22. The normalized spacial score (nSPS) is 12.3. The summed E-state index contributed by atoms with van der Waals surface area (Å²) in [6.07, 6.45) is 0.120. The number of rotatable bonds is 6. The largest absolute Gasteiger partial charge is 0.491 e. The zero-order valence-electron chi connectivity index (χ0n) is 11.9. The molecule has 1 atom stereocenters. The molecule has 1 aromatic carbocycles. The average Bonchev–Trinajstić information content (AvgIpc) is 2.32. The third-order valence-corrected chi connectivity index (χ3v) is 2.51. The van der Waals surface area contributed by atoms with Crippen LogP contribution in [0.3, 0.4) is 0 Å². The summed E-state index contributed by atoms with van der Waals surface area (Å²) >= 11 is 0. The zero-order chi connectivity index (χ0) is 14.4. The van der Waals surface area contributed by atoms with Crippen molar-refractivity contribution in [3.63, 3.8) is 0 Å². The molecular weight excluding hydrogens is 244 g/mol. The minimum Gasteiger partial charge on any atom is -0.491 e. The molecule has 1 aromatic rings. The maximum Gasteiger partial charge on any atom is 0.243 e. The summed E-state index contributed by atoms with van der Waals surface area (Å²) in [7, 11) is 1.51. The Kier molecular flexibility index (Phi) is 5.79. The van der Waals surface area contributed by atoms with Gasteiger partial charge in [-0.05, 0) is 44.5 Å². The van der Waals surface area contributed by atoms with Crippen molar-refractivity contribution in [3.05, 3.63) is 23.8 Å². The maximum atomic E-state index is 11.8. The summed E-state index contributed by atoms with van der Waals surface area (Å²) in [5.41, 5.74) is 7.32. The monoisotopic (exact) mass is 266 g/mol. The highest BCUT2D eigenvalue weighted by Gasteiger charge is 2.14. The van der Waals surface area contributed by atoms with E-state index in [2.05, 4.69) is 5.32 Å². The van der Waals surface area contributed by atoms with Gasteiger partial charge in [0, 0.05) is 12.8 Å². The van der Waals surface area contributed by atoms with Crippen molar-refractivity contribution in [1.82, 2.24) is 0 Å². The lowest BCUT2D eigenvalue weighted by molar-refractivity contribution is -0.118. The van der Waals surface area contributed by atoms with E-state index in [-0.39, 0.29) is 18.6 Å². The number of hydrogen-bond acceptors (Lipinski definition) is 4. The van der Waals surface area contributed by atoms with Crippen molar-refractivity contribution in [3.8, 4) is 5.75 Å². The molecule has 0 saturated heterocycles. The fourth-order valence-corrected chi connectivity index (χ4v) is 1.60. The van der Waals surface area contributed by atoms with Gasteiger partial charge in [0.1, 0.15) is 11.8 Å². The van der Waals surface area contributed by atoms with Crippen LogP contribution in [0.1, 0.15) is 19.4 Å². The molecule has 5 nitrogen and oxygen atoms in total. The number of nitrogens with two attached hydrogens (primary N) is 1. The molecule has 0 heterocycles. The number of nitrogens with one attached hydrogen (secondary N) is 1. The third-order valence-electron chi connectivity index (χ3n) is 2.51. The van der Waals surface area contributed by atoms with Gasteiger partial charge >= 0.3 is 0 Å². The molecule has 0 spiro atoms. The molecule has 0 aliphatic heterocycles. The van der Waals surface area contributed by atoms with Crippen LogP contribution in [0, 0.1) is 6.92 Å². The second kappa shape index (κ2) is 7.11. The Labute approximate surface area is 114 Å². The summed E-state index contributed by atoms with van der Waals surface area (Å²) in [6, 6.07) is 4.85. The maximum absolute atomic E-state index is 11.8. The summed E-state index contributed by atoms with van der Waals surface area (Å²) in [5.74, 6) is 0.522. The van der Waals surface area contributed by atoms with Gasteiger partial charge < -0.3 is 20.5 Å². The molecule has 0 aliphatic carbocycles. The summed E-state index contributed by atoms with van der Waals surface area (Å²) in [6.45, 7) is 6.04. The smallest absolute Gasteiger partial charge is 0.243 e. The lowest BCUT2D eigenvalue weighted by Crippen LogP contribution is -2.39. The Morgan fingerprint density at radius 1 is 1.42 bits per heavy atom. The van der Waals surface area contributed by atoms with Crippen LogP contribution in [-0.2, 0) is 9.53 Å². The second-order valence-corrected chi connectivity index (χ2v) is 4.69. The van der Waals surface area contributed by atoms with E-state index in [1.165, 1.54) is 7.11 Å². The molecule has 0 radical (unpaired) electrons. The number of amides is 1. The van der Waals surface area contributed by atoms with Gasteiger partial charge in [-0.1, -0.05) is 0 Å². The fraction of sp³-hybridized carbons (Fsp3) is 0.500. The van der Waals surface area contributed by atoms with Crippen LogP contribution in [0.15, 0.2) is 18.2 Å². The topological polar surface area (TPSA) is 73.6 Å². The number of methoxy groups -OCH3 is 1. The van der Waals surface area contributed by atoms with Crippen molar-refractivity contribution in [1.29, 1.82) is 0 Å². The SMILES string of the molecule is COCC(N)C(=O)Nc1ccc(OC(C)C)cc1C. The Morgan fingerprint density at radius 3 is 2.63 bits per heavy atom. The van der Waals surface area contributed by atoms with E-state index in [4.69, 9.17) is 15.2 Å². The molecule has 1 amide bonds. The first-order chi connectivity index (χ1) is 8.93. The number of benzene rings is 1. The van der Waals surface area contributed by atoms with E-state index < -0.39 is 6.04 Å². The highest BCUT2D eigenvalue weighted by atomic mass is 16.5. The summed E-state index contributed by atoms with van der Waals surface area (Å²) < 4.78 is 10.4. The van der Waals surface area contributed by atoms with E-state index in [9.17, 15) is 4.79 Å². The fourth-order valence-electron chi connectivity index (χ4n) is 1.60. The number of anilines is 1. The Morgan fingerprint density at radius 2 is 2.11 bits per heavy atom. The van der Waals surface area contributed by atoms with Crippen LogP contribution in [-0.4, -0.2) is 31.8 Å². The molecule has 0 fully saturated rings. The van der Waals surface area contributed by atoms with Crippen LogP contribution in [0.2, 0.25) is 0 Å². The van der Waals surface area contributed by atoms with Gasteiger partial charge in [0.05, 0.1) is 12.7 Å². The van der Waals surface area contributed by atoms with Gasteiger partial charge in [0.15, 0.2) is 0 Å². The van der Waals surface area contributed by atoms with E-state index in [0.717, 1.165) is 17.0 Å². The van der Waals surface area contributed by atoms with Crippen LogP contribution < -0.4 is 15.8 Å². The minimum atomic E-state index is -0.670. The van der Waals surface area contributed by atoms with Crippen LogP contribution >= 0.6 is 0 Å². The quantitative estimate of drug-likeness (QED) is 0.822. The van der Waals surface area contributed by atoms with E-state index >= 15 is 0 Å². The van der Waals surface area contributed by atoms with Crippen LogP contribution in [0.4, 0.5) is 5.69 Å². The number of hydrogen-bond donors (Lipinski definition) is 2. The van der Waals surface area contributed by atoms with E-state index in [1.54, 1.807) is 0 Å². The first kappa shape index (κ1) is 15.5. The summed E-state index contributed by atoms with van der Waals surface area (Å²) in [4.78, 5) is 11.8. The number of aryl methyl sites for hydroxylation is 1. The predicted octanol–water partition coefficient (Wildman–Crippen LogP) is 1.69. The van der Waals surface area contributed by atoms with Crippen LogP contribution in [0.25, 0.3) is 0 Å². The van der Waals surface area contributed by atoms with Gasteiger partial charge in [0.2, 0.25) is 5.91 Å². The van der Waals surface area contributed by atoms with Crippen molar-refractivity contribution >= 4 is 11.6 Å². The van der Waals surface area contributed by atoms with E-state index in [1.807, 2.05) is 39.0 Å². The molecule has 1 unspecified atom stereocenters. The number of carbonyl (C=O) groups excluding carboxylic acids is 1. The van der Waals surface area contributed by atoms with Gasteiger partial charge in [-0.3, -0.25) is 4.79 Å². The van der Waals surface area contributed by atoms with Crippen molar-refractivity contribution in [2.45, 2.75) is 32.9 Å².